The maximum atomic E-state index is 11.6. The van der Waals surface area contributed by atoms with Gasteiger partial charge >= 0.3 is 6.03 Å². The van der Waals surface area contributed by atoms with Gasteiger partial charge in [-0.15, -0.1) is 0 Å². The molecule has 0 atom stereocenters. The van der Waals surface area contributed by atoms with E-state index in [1.165, 1.54) is 0 Å². The predicted octanol–water partition coefficient (Wildman–Crippen LogP) is 3.50. The summed E-state index contributed by atoms with van der Waals surface area (Å²) in [7, 11) is 0. The van der Waals surface area contributed by atoms with Crippen LogP contribution in [0.3, 0.4) is 0 Å². The van der Waals surface area contributed by atoms with Gasteiger partial charge in [0.2, 0.25) is 0 Å². The summed E-state index contributed by atoms with van der Waals surface area (Å²) in [6.45, 7) is 9.74. The Labute approximate surface area is 139 Å². The lowest BCUT2D eigenvalue weighted by molar-refractivity contribution is 0.244. The standard InChI is InChI=1S/C18H28N2O3/c1-5-22-16-8-7-15(13-17(16)23-6-2)10-12-20-18(21)19-11-9-14(3)4/h7-9,11,13-14H,5-6,10,12H2,1-4H3,(H2,19,20,21)/b11-9+. The number of rotatable bonds is 9. The zero-order chi connectivity index (χ0) is 17.1. The van der Waals surface area contributed by atoms with Crippen LogP contribution < -0.4 is 20.1 Å². The minimum Gasteiger partial charge on any atom is -0.490 e. The fourth-order valence-corrected chi connectivity index (χ4v) is 1.94. The third-order valence-corrected chi connectivity index (χ3v) is 3.00. The predicted molar refractivity (Wildman–Crippen MR) is 93.0 cm³/mol. The van der Waals surface area contributed by atoms with E-state index in [4.69, 9.17) is 9.47 Å². The van der Waals surface area contributed by atoms with E-state index in [0.717, 1.165) is 23.5 Å². The number of hydrogen-bond acceptors (Lipinski definition) is 3. The van der Waals surface area contributed by atoms with Gasteiger partial charge in [-0.3, -0.25) is 0 Å². The first-order valence-electron chi connectivity index (χ1n) is 8.16. The maximum Gasteiger partial charge on any atom is 0.318 e. The summed E-state index contributed by atoms with van der Waals surface area (Å²) in [6.07, 6.45) is 4.33. The Morgan fingerprint density at radius 1 is 1.17 bits per heavy atom. The molecule has 0 aliphatic carbocycles. The number of benzene rings is 1. The first-order valence-corrected chi connectivity index (χ1v) is 8.16. The van der Waals surface area contributed by atoms with Crippen LogP contribution in [0.4, 0.5) is 4.79 Å². The molecule has 5 heteroatoms. The number of carbonyl (C=O) groups is 1. The molecule has 0 radical (unpaired) electrons. The van der Waals surface area contributed by atoms with Crippen molar-refractivity contribution in [3.63, 3.8) is 0 Å². The van der Waals surface area contributed by atoms with E-state index in [-0.39, 0.29) is 6.03 Å². The molecule has 0 aromatic heterocycles. The molecule has 0 aliphatic rings. The zero-order valence-electron chi connectivity index (χ0n) is 14.5. The molecule has 23 heavy (non-hydrogen) atoms. The molecule has 2 N–H and O–H groups in total. The molecule has 0 bridgehead atoms. The summed E-state index contributed by atoms with van der Waals surface area (Å²) in [5.41, 5.74) is 1.09. The zero-order valence-corrected chi connectivity index (χ0v) is 14.5. The molecular formula is C18H28N2O3. The Morgan fingerprint density at radius 2 is 1.87 bits per heavy atom. The van der Waals surface area contributed by atoms with Crippen LogP contribution in [0, 0.1) is 5.92 Å². The highest BCUT2D eigenvalue weighted by atomic mass is 16.5. The molecule has 0 unspecified atom stereocenters. The maximum absolute atomic E-state index is 11.6. The van der Waals surface area contributed by atoms with Crippen molar-refractivity contribution in [2.75, 3.05) is 19.8 Å². The van der Waals surface area contributed by atoms with Gasteiger partial charge in [-0.1, -0.05) is 26.0 Å². The number of amides is 2. The summed E-state index contributed by atoms with van der Waals surface area (Å²) < 4.78 is 11.1. The van der Waals surface area contributed by atoms with Crippen molar-refractivity contribution in [3.05, 3.63) is 36.0 Å². The number of ether oxygens (including phenoxy) is 2. The van der Waals surface area contributed by atoms with Crippen LogP contribution in [0.25, 0.3) is 0 Å². The molecule has 0 saturated heterocycles. The fourth-order valence-electron chi connectivity index (χ4n) is 1.94. The van der Waals surface area contributed by atoms with Gasteiger partial charge in [0.15, 0.2) is 11.5 Å². The average Bonchev–Trinajstić information content (AvgIpc) is 2.50. The summed E-state index contributed by atoms with van der Waals surface area (Å²) in [6, 6.07) is 5.67. The minimum absolute atomic E-state index is 0.196. The van der Waals surface area contributed by atoms with Crippen LogP contribution in [0.2, 0.25) is 0 Å². The van der Waals surface area contributed by atoms with E-state index < -0.39 is 0 Å². The average molecular weight is 320 g/mol. The highest BCUT2D eigenvalue weighted by Gasteiger charge is 2.06. The van der Waals surface area contributed by atoms with Gasteiger partial charge in [-0.25, -0.2) is 4.79 Å². The fraction of sp³-hybridized carbons (Fsp3) is 0.500. The number of hydrogen-bond donors (Lipinski definition) is 2. The second kappa shape index (κ2) is 10.5. The number of allylic oxidation sites excluding steroid dienone is 1. The van der Waals surface area contributed by atoms with E-state index >= 15 is 0 Å². The molecule has 1 aromatic rings. The van der Waals surface area contributed by atoms with Gasteiger partial charge in [0.05, 0.1) is 13.2 Å². The third-order valence-electron chi connectivity index (χ3n) is 3.00. The van der Waals surface area contributed by atoms with E-state index in [1.807, 2.05) is 38.1 Å². The quantitative estimate of drug-likeness (QED) is 0.732. The van der Waals surface area contributed by atoms with Crippen molar-refractivity contribution in [1.29, 1.82) is 0 Å². The van der Waals surface area contributed by atoms with Crippen molar-refractivity contribution < 1.29 is 14.3 Å². The molecule has 5 nitrogen and oxygen atoms in total. The smallest absolute Gasteiger partial charge is 0.318 e. The van der Waals surface area contributed by atoms with Crippen molar-refractivity contribution >= 4 is 6.03 Å². The summed E-state index contributed by atoms with van der Waals surface area (Å²) >= 11 is 0. The van der Waals surface area contributed by atoms with Gasteiger partial charge in [-0.05, 0) is 43.9 Å². The van der Waals surface area contributed by atoms with Gasteiger partial charge in [0.25, 0.3) is 0 Å². The molecule has 0 heterocycles. The van der Waals surface area contributed by atoms with E-state index in [2.05, 4.69) is 24.5 Å². The van der Waals surface area contributed by atoms with E-state index in [9.17, 15) is 4.79 Å². The highest BCUT2D eigenvalue weighted by Crippen LogP contribution is 2.28. The second-order valence-electron chi connectivity index (χ2n) is 5.40. The lowest BCUT2D eigenvalue weighted by atomic mass is 10.1. The molecule has 1 aromatic carbocycles. The van der Waals surface area contributed by atoms with Crippen molar-refractivity contribution in [1.82, 2.24) is 10.6 Å². The van der Waals surface area contributed by atoms with Crippen molar-refractivity contribution in [3.8, 4) is 11.5 Å². The van der Waals surface area contributed by atoms with Crippen molar-refractivity contribution in [2.45, 2.75) is 34.1 Å². The van der Waals surface area contributed by atoms with Crippen LogP contribution >= 0.6 is 0 Å². The Morgan fingerprint density at radius 3 is 2.52 bits per heavy atom. The Bertz CT molecular complexity index is 513. The largest absolute Gasteiger partial charge is 0.490 e. The summed E-state index contributed by atoms with van der Waals surface area (Å²) in [5.74, 6) is 1.91. The van der Waals surface area contributed by atoms with Gasteiger partial charge in [0.1, 0.15) is 0 Å². The van der Waals surface area contributed by atoms with Crippen LogP contribution in [0.1, 0.15) is 33.3 Å². The molecule has 0 saturated carbocycles. The van der Waals surface area contributed by atoms with Crippen molar-refractivity contribution in [2.24, 2.45) is 5.92 Å². The first-order chi connectivity index (χ1) is 11.1. The molecule has 2 amide bonds. The van der Waals surface area contributed by atoms with Crippen LogP contribution in [-0.2, 0) is 6.42 Å². The Kier molecular flexibility index (Phi) is 8.65. The molecular weight excluding hydrogens is 292 g/mol. The number of carbonyl (C=O) groups excluding carboxylic acids is 1. The van der Waals surface area contributed by atoms with Crippen LogP contribution in [-0.4, -0.2) is 25.8 Å². The topological polar surface area (TPSA) is 59.6 Å². The van der Waals surface area contributed by atoms with E-state index in [1.54, 1.807) is 6.20 Å². The monoisotopic (exact) mass is 320 g/mol. The Hall–Kier alpha value is -2.17. The molecule has 0 spiro atoms. The molecule has 0 aliphatic heterocycles. The molecule has 128 valence electrons. The lowest BCUT2D eigenvalue weighted by Gasteiger charge is -2.12. The lowest BCUT2D eigenvalue weighted by Crippen LogP contribution is -2.33. The number of urea groups is 1. The third kappa shape index (κ3) is 7.58. The Balaban J connectivity index is 2.48. The van der Waals surface area contributed by atoms with Crippen LogP contribution in [0.5, 0.6) is 11.5 Å². The normalized spacial score (nSPS) is 10.8. The molecule has 1 rings (SSSR count). The highest BCUT2D eigenvalue weighted by molar-refractivity contribution is 5.74. The summed E-state index contributed by atoms with van der Waals surface area (Å²) in [5, 5.41) is 5.51. The van der Waals surface area contributed by atoms with Gasteiger partial charge < -0.3 is 20.1 Å². The number of nitrogens with one attached hydrogen (secondary N) is 2. The van der Waals surface area contributed by atoms with Crippen LogP contribution in [0.15, 0.2) is 30.5 Å². The van der Waals surface area contributed by atoms with Gasteiger partial charge in [-0.2, -0.15) is 0 Å². The second-order valence-corrected chi connectivity index (χ2v) is 5.40. The van der Waals surface area contributed by atoms with Gasteiger partial charge in [0, 0.05) is 12.7 Å². The SMILES string of the molecule is CCOc1ccc(CCNC(=O)N/C=C/C(C)C)cc1OCC. The summed E-state index contributed by atoms with van der Waals surface area (Å²) in [4.78, 5) is 11.6. The van der Waals surface area contributed by atoms with E-state index in [0.29, 0.717) is 25.7 Å². The first kappa shape index (κ1) is 18.9. The minimum atomic E-state index is -0.196. The molecule has 0 fully saturated rings.